The first-order chi connectivity index (χ1) is 11.4. The monoisotopic (exact) mass is 347 g/mol. The first kappa shape index (κ1) is 17.6. The van der Waals surface area contributed by atoms with Gasteiger partial charge in [0.2, 0.25) is 10.0 Å². The highest BCUT2D eigenvalue weighted by molar-refractivity contribution is 7.89. The second-order valence-electron chi connectivity index (χ2n) is 5.06. The van der Waals surface area contributed by atoms with Crippen molar-refractivity contribution in [3.63, 3.8) is 0 Å². The maximum Gasteiger partial charge on any atom is 0.251 e. The number of carbonyl (C=O) groups excluding carboxylic acids is 1. The topological polar surface area (TPSA) is 122 Å². The van der Waals surface area contributed by atoms with Gasteiger partial charge in [-0.2, -0.15) is 0 Å². The molecule has 0 unspecified atom stereocenters. The van der Waals surface area contributed by atoms with E-state index in [0.717, 1.165) is 5.56 Å². The molecule has 0 bridgehead atoms. The van der Waals surface area contributed by atoms with E-state index in [1.807, 2.05) is 0 Å². The van der Waals surface area contributed by atoms with Crippen LogP contribution in [0.15, 0.2) is 58.6 Å². The predicted octanol–water partition coefficient (Wildman–Crippen LogP) is 1.11. The zero-order valence-electron chi connectivity index (χ0n) is 12.7. The molecule has 0 spiro atoms. The van der Waals surface area contributed by atoms with Crippen LogP contribution < -0.4 is 10.5 Å². The molecule has 0 aliphatic heterocycles. The number of hydrogen-bond acceptors (Lipinski definition) is 5. The van der Waals surface area contributed by atoms with Crippen molar-refractivity contribution in [1.82, 2.24) is 5.32 Å². The van der Waals surface area contributed by atoms with Gasteiger partial charge in [0.05, 0.1) is 11.1 Å². The van der Waals surface area contributed by atoms with Gasteiger partial charge < -0.3 is 10.5 Å². The maximum absolute atomic E-state index is 12.0. The molecule has 0 aliphatic carbocycles. The summed E-state index contributed by atoms with van der Waals surface area (Å²) >= 11 is 0. The highest BCUT2D eigenvalue weighted by Gasteiger charge is 2.07. The molecular formula is C16H17N3O4S. The fourth-order valence-electron chi connectivity index (χ4n) is 2.06. The van der Waals surface area contributed by atoms with Crippen molar-refractivity contribution in [2.24, 2.45) is 10.3 Å². The molecular weight excluding hydrogens is 330 g/mol. The third-order valence-corrected chi connectivity index (χ3v) is 4.26. The van der Waals surface area contributed by atoms with E-state index >= 15 is 0 Å². The van der Waals surface area contributed by atoms with Gasteiger partial charge in [-0.1, -0.05) is 29.4 Å². The number of hydrogen-bond donors (Lipinski definition) is 3. The molecule has 0 aliphatic rings. The number of nitrogens with two attached hydrogens (primary N) is 1. The molecule has 0 saturated carbocycles. The highest BCUT2D eigenvalue weighted by atomic mass is 32.2. The summed E-state index contributed by atoms with van der Waals surface area (Å²) in [6, 6.07) is 12.8. The number of oxime groups is 1. The lowest BCUT2D eigenvalue weighted by Gasteiger charge is -2.06. The molecule has 2 aromatic rings. The predicted molar refractivity (Wildman–Crippen MR) is 89.7 cm³/mol. The van der Waals surface area contributed by atoms with Crippen molar-refractivity contribution in [3.05, 3.63) is 65.2 Å². The van der Waals surface area contributed by atoms with Crippen molar-refractivity contribution < 1.29 is 18.4 Å². The lowest BCUT2D eigenvalue weighted by Crippen LogP contribution is -2.25. The third-order valence-electron chi connectivity index (χ3n) is 3.33. The van der Waals surface area contributed by atoms with Crippen LogP contribution in [0.25, 0.3) is 0 Å². The molecule has 0 aromatic heterocycles. The first-order valence-electron chi connectivity index (χ1n) is 7.07. The Balaban J connectivity index is 1.88. The SMILES string of the molecule is NS(=O)(=O)c1ccc(CCNC(=O)c2ccc(C=NO)cc2)cc1. The van der Waals surface area contributed by atoms with Crippen LogP contribution in [0.2, 0.25) is 0 Å². The summed E-state index contributed by atoms with van der Waals surface area (Å²) in [5.74, 6) is -0.219. The van der Waals surface area contributed by atoms with Crippen LogP contribution in [-0.4, -0.2) is 32.3 Å². The number of benzene rings is 2. The van der Waals surface area contributed by atoms with Gasteiger partial charge in [0.15, 0.2) is 0 Å². The van der Waals surface area contributed by atoms with Crippen LogP contribution in [0.4, 0.5) is 0 Å². The Morgan fingerprint density at radius 3 is 2.29 bits per heavy atom. The normalized spacial score (nSPS) is 11.5. The average molecular weight is 347 g/mol. The van der Waals surface area contributed by atoms with E-state index in [-0.39, 0.29) is 10.8 Å². The van der Waals surface area contributed by atoms with Crippen LogP contribution in [0.5, 0.6) is 0 Å². The summed E-state index contributed by atoms with van der Waals surface area (Å²) in [6.07, 6.45) is 1.83. The summed E-state index contributed by atoms with van der Waals surface area (Å²) in [5.41, 5.74) is 2.07. The minimum Gasteiger partial charge on any atom is -0.411 e. The van der Waals surface area contributed by atoms with E-state index in [1.54, 1.807) is 36.4 Å². The number of primary sulfonamides is 1. The Bertz CT molecular complexity index is 829. The second kappa shape index (κ2) is 7.71. The number of carbonyl (C=O) groups is 1. The van der Waals surface area contributed by atoms with E-state index in [0.29, 0.717) is 24.1 Å². The van der Waals surface area contributed by atoms with Crippen LogP contribution in [0.3, 0.4) is 0 Å². The van der Waals surface area contributed by atoms with Crippen LogP contribution in [0, 0.1) is 0 Å². The average Bonchev–Trinajstić information content (AvgIpc) is 2.55. The smallest absolute Gasteiger partial charge is 0.251 e. The summed E-state index contributed by atoms with van der Waals surface area (Å²) in [5, 5.41) is 19.2. The van der Waals surface area contributed by atoms with Gasteiger partial charge in [0, 0.05) is 12.1 Å². The number of nitrogens with one attached hydrogen (secondary N) is 1. The second-order valence-corrected chi connectivity index (χ2v) is 6.62. The van der Waals surface area contributed by atoms with Crippen molar-refractivity contribution in [2.45, 2.75) is 11.3 Å². The summed E-state index contributed by atoms with van der Waals surface area (Å²) in [4.78, 5) is 12.1. The lowest BCUT2D eigenvalue weighted by atomic mass is 10.1. The van der Waals surface area contributed by atoms with Gasteiger partial charge >= 0.3 is 0 Å². The molecule has 8 heteroatoms. The van der Waals surface area contributed by atoms with E-state index in [4.69, 9.17) is 10.3 Å². The van der Waals surface area contributed by atoms with Crippen molar-refractivity contribution in [2.75, 3.05) is 6.54 Å². The molecule has 24 heavy (non-hydrogen) atoms. The van der Waals surface area contributed by atoms with Gasteiger partial charge in [-0.3, -0.25) is 4.79 Å². The molecule has 1 amide bonds. The Morgan fingerprint density at radius 1 is 1.12 bits per heavy atom. The molecule has 2 aromatic carbocycles. The van der Waals surface area contributed by atoms with Gasteiger partial charge in [-0.25, -0.2) is 13.6 Å². The summed E-state index contributed by atoms with van der Waals surface area (Å²) in [6.45, 7) is 0.410. The summed E-state index contributed by atoms with van der Waals surface area (Å²) in [7, 11) is -3.69. The standard InChI is InChI=1S/C16H17N3O4S/c17-24(22,23)15-7-3-12(4-8-15)9-10-18-16(20)14-5-1-13(2-6-14)11-19-21/h1-8,11,21H,9-10H2,(H,18,20)(H2,17,22,23). The number of rotatable bonds is 6. The zero-order chi connectivity index (χ0) is 17.6. The lowest BCUT2D eigenvalue weighted by molar-refractivity contribution is 0.0954. The van der Waals surface area contributed by atoms with E-state index in [9.17, 15) is 13.2 Å². The van der Waals surface area contributed by atoms with E-state index in [1.165, 1.54) is 18.3 Å². The number of sulfonamides is 1. The molecule has 0 radical (unpaired) electrons. The number of nitrogens with zero attached hydrogens (tertiary/aromatic N) is 1. The fraction of sp³-hybridized carbons (Fsp3) is 0.125. The quantitative estimate of drug-likeness (QED) is 0.412. The Morgan fingerprint density at radius 2 is 1.75 bits per heavy atom. The maximum atomic E-state index is 12.0. The first-order valence-corrected chi connectivity index (χ1v) is 8.62. The van der Waals surface area contributed by atoms with E-state index in [2.05, 4.69) is 10.5 Å². The minimum absolute atomic E-state index is 0.0572. The molecule has 2 rings (SSSR count). The van der Waals surface area contributed by atoms with E-state index < -0.39 is 10.0 Å². The van der Waals surface area contributed by atoms with Crippen molar-refractivity contribution in [1.29, 1.82) is 0 Å². The molecule has 0 saturated heterocycles. The Kier molecular flexibility index (Phi) is 5.67. The molecule has 0 heterocycles. The fourth-order valence-corrected chi connectivity index (χ4v) is 2.57. The molecule has 4 N–H and O–H groups in total. The molecule has 0 atom stereocenters. The Labute approximate surface area is 139 Å². The molecule has 126 valence electrons. The molecule has 0 fully saturated rings. The minimum atomic E-state index is -3.69. The van der Waals surface area contributed by atoms with Crippen LogP contribution in [-0.2, 0) is 16.4 Å². The van der Waals surface area contributed by atoms with Crippen molar-refractivity contribution >= 4 is 22.1 Å². The summed E-state index contributed by atoms with van der Waals surface area (Å²) < 4.78 is 22.3. The van der Waals surface area contributed by atoms with Crippen LogP contribution in [0.1, 0.15) is 21.5 Å². The van der Waals surface area contributed by atoms with Gasteiger partial charge in [-0.05, 0) is 41.8 Å². The van der Waals surface area contributed by atoms with Gasteiger partial charge in [0.25, 0.3) is 5.91 Å². The highest BCUT2D eigenvalue weighted by Crippen LogP contribution is 2.09. The zero-order valence-corrected chi connectivity index (χ0v) is 13.5. The Hall–Kier alpha value is -2.71. The van der Waals surface area contributed by atoms with Crippen LogP contribution >= 0.6 is 0 Å². The molecule has 7 nitrogen and oxygen atoms in total. The number of amides is 1. The van der Waals surface area contributed by atoms with Gasteiger partial charge in [-0.15, -0.1) is 0 Å². The van der Waals surface area contributed by atoms with Crippen molar-refractivity contribution in [3.8, 4) is 0 Å². The van der Waals surface area contributed by atoms with Gasteiger partial charge in [0.1, 0.15) is 0 Å². The largest absolute Gasteiger partial charge is 0.411 e. The third kappa shape index (κ3) is 4.90.